The van der Waals surface area contributed by atoms with Crippen molar-refractivity contribution in [3.63, 3.8) is 0 Å². The minimum absolute atomic E-state index is 0.298. The lowest BCUT2D eigenvalue weighted by Crippen LogP contribution is -2.05. The molecule has 0 saturated carbocycles. The molecule has 2 heterocycles. The van der Waals surface area contributed by atoms with Crippen molar-refractivity contribution >= 4 is 5.95 Å². The van der Waals surface area contributed by atoms with Gasteiger partial charge >= 0.3 is 6.01 Å². The van der Waals surface area contributed by atoms with Gasteiger partial charge in [0.25, 0.3) is 0 Å². The molecule has 0 bridgehead atoms. The highest BCUT2D eigenvalue weighted by molar-refractivity contribution is 5.35. The van der Waals surface area contributed by atoms with E-state index in [2.05, 4.69) is 36.4 Å². The van der Waals surface area contributed by atoms with Gasteiger partial charge in [-0.05, 0) is 50.7 Å². The summed E-state index contributed by atoms with van der Waals surface area (Å²) in [5.74, 6) is 1.24. The summed E-state index contributed by atoms with van der Waals surface area (Å²) in [7, 11) is 1.77. The number of para-hydroxylation sites is 1. The number of rotatable bonds is 6. The number of aromatic nitrogens is 8. The van der Waals surface area contributed by atoms with Gasteiger partial charge in [-0.1, -0.05) is 40.5 Å². The Balaban J connectivity index is 1.44. The molecule has 0 aliphatic rings. The van der Waals surface area contributed by atoms with Gasteiger partial charge < -0.3 is 10.1 Å². The van der Waals surface area contributed by atoms with E-state index in [-0.39, 0.29) is 0 Å². The molecule has 0 amide bonds. The van der Waals surface area contributed by atoms with Gasteiger partial charge in [0.1, 0.15) is 5.75 Å². The fourth-order valence-electron chi connectivity index (χ4n) is 2.31. The minimum Gasteiger partial charge on any atom is -0.423 e. The van der Waals surface area contributed by atoms with Crippen molar-refractivity contribution in [2.24, 2.45) is 7.05 Å². The number of tetrazole rings is 2. The molecule has 0 unspecified atom stereocenters. The molecule has 0 atom stereocenters. The van der Waals surface area contributed by atoms with Crippen molar-refractivity contribution in [1.82, 2.24) is 40.4 Å². The molecule has 2 aromatic carbocycles. The van der Waals surface area contributed by atoms with Crippen molar-refractivity contribution in [2.45, 2.75) is 6.54 Å². The lowest BCUT2D eigenvalue weighted by Gasteiger charge is -2.07. The van der Waals surface area contributed by atoms with E-state index in [9.17, 15) is 0 Å². The number of anilines is 1. The highest BCUT2D eigenvalue weighted by Crippen LogP contribution is 2.21. The van der Waals surface area contributed by atoms with Crippen molar-refractivity contribution in [2.75, 3.05) is 5.32 Å². The Bertz CT molecular complexity index is 978. The number of aryl methyl sites for hydroxylation is 1. The van der Waals surface area contributed by atoms with Crippen molar-refractivity contribution in [1.29, 1.82) is 0 Å². The van der Waals surface area contributed by atoms with Crippen LogP contribution < -0.4 is 10.1 Å². The van der Waals surface area contributed by atoms with E-state index in [1.165, 1.54) is 4.68 Å². The standard InChI is InChI=1S/C16H15N9O/c1-24-15(18-20-22-24)17-11-12-7-9-14(10-8-12)26-16-19-21-23-25(16)13-5-3-2-4-6-13/h2-10H,11H2,1H3,(H,17,18,22). The Morgan fingerprint density at radius 3 is 2.42 bits per heavy atom. The van der Waals surface area contributed by atoms with Crippen LogP contribution in [0.5, 0.6) is 11.8 Å². The Morgan fingerprint density at radius 1 is 0.923 bits per heavy atom. The third-order valence-electron chi connectivity index (χ3n) is 3.64. The summed E-state index contributed by atoms with van der Waals surface area (Å²) in [5, 5.41) is 26.0. The predicted molar refractivity (Wildman–Crippen MR) is 91.8 cm³/mol. The first-order valence-corrected chi connectivity index (χ1v) is 7.86. The second-order valence-corrected chi connectivity index (χ2v) is 5.43. The van der Waals surface area contributed by atoms with Gasteiger partial charge in [-0.2, -0.15) is 4.68 Å². The first-order valence-electron chi connectivity index (χ1n) is 7.86. The van der Waals surface area contributed by atoms with Gasteiger partial charge in [0, 0.05) is 13.6 Å². The monoisotopic (exact) mass is 349 g/mol. The Hall–Kier alpha value is -3.82. The molecule has 4 rings (SSSR count). The minimum atomic E-state index is 0.298. The molecule has 0 aliphatic heterocycles. The molecule has 26 heavy (non-hydrogen) atoms. The Kier molecular flexibility index (Phi) is 4.21. The van der Waals surface area contributed by atoms with Gasteiger partial charge in [0.2, 0.25) is 5.95 Å². The average Bonchev–Trinajstić information content (AvgIpc) is 3.31. The quantitative estimate of drug-likeness (QED) is 0.559. The number of nitrogens with zero attached hydrogens (tertiary/aromatic N) is 8. The second-order valence-electron chi connectivity index (χ2n) is 5.43. The molecule has 0 radical (unpaired) electrons. The fraction of sp³-hybridized carbons (Fsp3) is 0.125. The summed E-state index contributed by atoms with van der Waals surface area (Å²) in [6.07, 6.45) is 0. The summed E-state index contributed by atoms with van der Waals surface area (Å²) < 4.78 is 8.91. The molecule has 1 N–H and O–H groups in total. The Morgan fingerprint density at radius 2 is 1.69 bits per heavy atom. The van der Waals surface area contributed by atoms with E-state index in [1.807, 2.05) is 54.6 Å². The zero-order chi connectivity index (χ0) is 17.8. The molecular formula is C16H15N9O. The molecule has 0 aliphatic carbocycles. The molecule has 130 valence electrons. The van der Waals surface area contributed by atoms with Crippen LogP contribution in [0.1, 0.15) is 5.56 Å². The number of ether oxygens (including phenoxy) is 1. The second kappa shape index (κ2) is 6.97. The van der Waals surface area contributed by atoms with E-state index < -0.39 is 0 Å². The largest absolute Gasteiger partial charge is 0.423 e. The van der Waals surface area contributed by atoms with E-state index in [0.717, 1.165) is 11.3 Å². The maximum Gasteiger partial charge on any atom is 0.345 e. The van der Waals surface area contributed by atoms with Crippen LogP contribution in [0.4, 0.5) is 5.95 Å². The van der Waals surface area contributed by atoms with Crippen LogP contribution in [-0.4, -0.2) is 40.4 Å². The van der Waals surface area contributed by atoms with Crippen molar-refractivity contribution in [3.8, 4) is 17.4 Å². The van der Waals surface area contributed by atoms with Gasteiger partial charge in [-0.3, -0.25) is 0 Å². The number of nitrogens with one attached hydrogen (secondary N) is 1. The zero-order valence-electron chi connectivity index (χ0n) is 13.9. The van der Waals surface area contributed by atoms with Crippen LogP contribution >= 0.6 is 0 Å². The predicted octanol–water partition coefficient (Wildman–Crippen LogP) is 1.59. The summed E-state index contributed by atoms with van der Waals surface area (Å²) in [6.45, 7) is 0.593. The molecule has 10 nitrogen and oxygen atoms in total. The summed E-state index contributed by atoms with van der Waals surface area (Å²) in [5.41, 5.74) is 1.88. The molecular weight excluding hydrogens is 334 g/mol. The first-order chi connectivity index (χ1) is 12.8. The lowest BCUT2D eigenvalue weighted by molar-refractivity contribution is 0.427. The summed E-state index contributed by atoms with van der Waals surface area (Å²) in [6, 6.07) is 17.5. The van der Waals surface area contributed by atoms with Crippen LogP contribution in [0.2, 0.25) is 0 Å². The van der Waals surface area contributed by atoms with Gasteiger partial charge in [0.15, 0.2) is 0 Å². The van der Waals surface area contributed by atoms with Crippen molar-refractivity contribution < 1.29 is 4.74 Å². The van der Waals surface area contributed by atoms with Crippen LogP contribution in [0, 0.1) is 0 Å². The van der Waals surface area contributed by atoms with Crippen LogP contribution in [-0.2, 0) is 13.6 Å². The molecule has 2 aromatic heterocycles. The van der Waals surface area contributed by atoms with Gasteiger partial charge in [-0.25, -0.2) is 4.68 Å². The SMILES string of the molecule is Cn1nnnc1NCc1ccc(Oc2nnnn2-c2ccccc2)cc1. The van der Waals surface area contributed by atoms with Crippen LogP contribution in [0.25, 0.3) is 5.69 Å². The van der Waals surface area contributed by atoms with E-state index in [0.29, 0.717) is 24.3 Å². The number of benzene rings is 2. The van der Waals surface area contributed by atoms with E-state index in [1.54, 1.807) is 11.7 Å². The van der Waals surface area contributed by atoms with Gasteiger partial charge in [0.05, 0.1) is 5.69 Å². The van der Waals surface area contributed by atoms with E-state index >= 15 is 0 Å². The molecule has 0 saturated heterocycles. The normalized spacial score (nSPS) is 10.7. The number of hydrogen-bond acceptors (Lipinski definition) is 8. The number of hydrogen-bond donors (Lipinski definition) is 1. The maximum absolute atomic E-state index is 5.80. The molecule has 0 spiro atoms. The zero-order valence-corrected chi connectivity index (χ0v) is 13.9. The third kappa shape index (κ3) is 3.34. The summed E-state index contributed by atoms with van der Waals surface area (Å²) >= 11 is 0. The highest BCUT2D eigenvalue weighted by Gasteiger charge is 2.10. The van der Waals surface area contributed by atoms with Crippen LogP contribution in [0.15, 0.2) is 54.6 Å². The maximum atomic E-state index is 5.80. The molecule has 4 aromatic rings. The molecule has 0 fully saturated rings. The first kappa shape index (κ1) is 15.7. The highest BCUT2D eigenvalue weighted by atomic mass is 16.5. The Labute approximate surface area is 148 Å². The van der Waals surface area contributed by atoms with E-state index in [4.69, 9.17) is 4.74 Å². The topological polar surface area (TPSA) is 108 Å². The summed E-state index contributed by atoms with van der Waals surface area (Å²) in [4.78, 5) is 0. The third-order valence-corrected chi connectivity index (χ3v) is 3.64. The van der Waals surface area contributed by atoms with Gasteiger partial charge in [-0.15, -0.1) is 0 Å². The van der Waals surface area contributed by atoms with Crippen molar-refractivity contribution in [3.05, 3.63) is 60.2 Å². The average molecular weight is 349 g/mol. The molecule has 10 heteroatoms. The van der Waals surface area contributed by atoms with Crippen LogP contribution in [0.3, 0.4) is 0 Å². The smallest absolute Gasteiger partial charge is 0.345 e. The fourth-order valence-corrected chi connectivity index (χ4v) is 2.31. The lowest BCUT2D eigenvalue weighted by atomic mass is 10.2.